The Labute approximate surface area is 204 Å². The molecule has 0 saturated heterocycles. The third-order valence-corrected chi connectivity index (χ3v) is 7.49. The van der Waals surface area contributed by atoms with E-state index in [0.717, 1.165) is 35.0 Å². The van der Waals surface area contributed by atoms with Crippen LogP contribution >= 0.6 is 0 Å². The average molecular weight is 491 g/mol. The van der Waals surface area contributed by atoms with Crippen molar-refractivity contribution in [1.82, 2.24) is 19.9 Å². The molecule has 1 fully saturated rings. The number of nitrogens with zero attached hydrogens (tertiary/aromatic N) is 4. The normalized spacial score (nSPS) is 14.5. The molecule has 35 heavy (non-hydrogen) atoms. The first-order valence-electron chi connectivity index (χ1n) is 11.5. The zero-order valence-corrected chi connectivity index (χ0v) is 20.1. The summed E-state index contributed by atoms with van der Waals surface area (Å²) in [5, 5.41) is 5.04. The van der Waals surface area contributed by atoms with Gasteiger partial charge in [-0.25, -0.2) is 18.4 Å². The summed E-state index contributed by atoms with van der Waals surface area (Å²) >= 11 is 0. The second kappa shape index (κ2) is 9.83. The van der Waals surface area contributed by atoms with Crippen molar-refractivity contribution in [3.05, 3.63) is 61.2 Å². The average Bonchev–Trinajstić information content (AvgIpc) is 2.89. The Morgan fingerprint density at radius 1 is 0.943 bits per heavy atom. The van der Waals surface area contributed by atoms with Gasteiger partial charge in [0.2, 0.25) is 5.88 Å². The van der Waals surface area contributed by atoms with Crippen molar-refractivity contribution in [3.63, 3.8) is 0 Å². The number of fused-ring (bicyclic) bond motifs is 1. The second-order valence-corrected chi connectivity index (χ2v) is 10.2. The lowest BCUT2D eigenvalue weighted by molar-refractivity contribution is 0.399. The van der Waals surface area contributed by atoms with Crippen LogP contribution in [0.3, 0.4) is 0 Å². The fourth-order valence-corrected chi connectivity index (χ4v) is 5.44. The van der Waals surface area contributed by atoms with E-state index in [1.807, 2.05) is 12.1 Å². The summed E-state index contributed by atoms with van der Waals surface area (Å²) in [7, 11) is -2.23. The zero-order chi connectivity index (χ0) is 24.3. The number of sulfonamides is 1. The van der Waals surface area contributed by atoms with E-state index in [4.69, 9.17) is 4.74 Å². The Balaban J connectivity index is 1.47. The molecule has 5 rings (SSSR count). The third-order valence-electron chi connectivity index (χ3n) is 6.13. The third kappa shape index (κ3) is 5.02. The van der Waals surface area contributed by atoms with Crippen LogP contribution < -0.4 is 14.8 Å². The maximum atomic E-state index is 12.9. The highest BCUT2D eigenvalue weighted by molar-refractivity contribution is 7.92. The molecule has 180 valence electrons. The van der Waals surface area contributed by atoms with E-state index in [9.17, 15) is 8.42 Å². The predicted octanol–water partition coefficient (Wildman–Crippen LogP) is 4.64. The Morgan fingerprint density at radius 3 is 2.57 bits per heavy atom. The van der Waals surface area contributed by atoms with Crippen LogP contribution in [-0.4, -0.2) is 41.5 Å². The molecule has 0 bridgehead atoms. The van der Waals surface area contributed by atoms with Gasteiger partial charge in [-0.2, -0.15) is 4.98 Å². The largest absolute Gasteiger partial charge is 0.480 e. The molecule has 1 aromatic carbocycles. The SMILES string of the molecule is COc1nc(NC2CCCCC2)ccc1-c1nccc2cc(S(=O)(=O)Nc3ccncn3)ccc12. The van der Waals surface area contributed by atoms with Crippen LogP contribution in [0.5, 0.6) is 5.88 Å². The number of anilines is 2. The van der Waals surface area contributed by atoms with E-state index in [2.05, 4.69) is 30.0 Å². The molecule has 0 spiro atoms. The number of methoxy groups -OCH3 is 1. The molecule has 0 aliphatic heterocycles. The van der Waals surface area contributed by atoms with Gasteiger partial charge >= 0.3 is 0 Å². The molecule has 1 aliphatic carbocycles. The Morgan fingerprint density at radius 2 is 1.80 bits per heavy atom. The Hall–Kier alpha value is -3.79. The fraction of sp³-hybridized carbons (Fsp3) is 0.280. The van der Waals surface area contributed by atoms with E-state index in [1.165, 1.54) is 37.9 Å². The van der Waals surface area contributed by atoms with Crippen LogP contribution in [-0.2, 0) is 10.0 Å². The van der Waals surface area contributed by atoms with Crippen molar-refractivity contribution in [2.75, 3.05) is 17.1 Å². The van der Waals surface area contributed by atoms with Crippen LogP contribution in [0, 0.1) is 0 Å². The van der Waals surface area contributed by atoms with Gasteiger partial charge in [0.25, 0.3) is 10.0 Å². The predicted molar refractivity (Wildman–Crippen MR) is 135 cm³/mol. The molecule has 4 aromatic rings. The van der Waals surface area contributed by atoms with E-state index < -0.39 is 10.0 Å². The number of aromatic nitrogens is 4. The number of hydrogen-bond acceptors (Lipinski definition) is 8. The van der Waals surface area contributed by atoms with E-state index in [-0.39, 0.29) is 10.7 Å². The molecule has 0 amide bonds. The molecule has 3 aromatic heterocycles. The van der Waals surface area contributed by atoms with Gasteiger partial charge in [0.05, 0.1) is 23.3 Å². The van der Waals surface area contributed by atoms with E-state index in [1.54, 1.807) is 37.6 Å². The van der Waals surface area contributed by atoms with E-state index in [0.29, 0.717) is 17.6 Å². The first-order valence-corrected chi connectivity index (χ1v) is 13.0. The van der Waals surface area contributed by atoms with Crippen LogP contribution in [0.25, 0.3) is 22.0 Å². The first kappa shape index (κ1) is 23.0. The molecule has 1 aliphatic rings. The molecular formula is C25H26N6O3S. The highest BCUT2D eigenvalue weighted by Crippen LogP contribution is 2.34. The van der Waals surface area contributed by atoms with E-state index >= 15 is 0 Å². The number of hydrogen-bond donors (Lipinski definition) is 2. The maximum Gasteiger partial charge on any atom is 0.263 e. The first-order chi connectivity index (χ1) is 17.0. The number of rotatable bonds is 7. The fourth-order valence-electron chi connectivity index (χ4n) is 4.40. The maximum absolute atomic E-state index is 12.9. The monoisotopic (exact) mass is 490 g/mol. The van der Waals surface area contributed by atoms with Crippen molar-refractivity contribution in [1.29, 1.82) is 0 Å². The van der Waals surface area contributed by atoms with Crippen molar-refractivity contribution in [2.24, 2.45) is 0 Å². The quantitative estimate of drug-likeness (QED) is 0.385. The van der Waals surface area contributed by atoms with Crippen molar-refractivity contribution >= 4 is 32.4 Å². The number of nitrogens with one attached hydrogen (secondary N) is 2. The smallest absolute Gasteiger partial charge is 0.263 e. The van der Waals surface area contributed by atoms with Gasteiger partial charge in [-0.3, -0.25) is 9.71 Å². The summed E-state index contributed by atoms with van der Waals surface area (Å²) in [6.45, 7) is 0. The molecule has 10 heteroatoms. The summed E-state index contributed by atoms with van der Waals surface area (Å²) in [5.74, 6) is 1.45. The number of pyridine rings is 2. The Bertz CT molecular complexity index is 1440. The van der Waals surface area contributed by atoms with Gasteiger partial charge in [0.15, 0.2) is 0 Å². The lowest BCUT2D eigenvalue weighted by Gasteiger charge is -2.23. The van der Waals surface area contributed by atoms with Crippen molar-refractivity contribution in [3.8, 4) is 17.1 Å². The zero-order valence-electron chi connectivity index (χ0n) is 19.3. The highest BCUT2D eigenvalue weighted by atomic mass is 32.2. The lowest BCUT2D eigenvalue weighted by Crippen LogP contribution is -2.22. The molecule has 1 saturated carbocycles. The number of benzene rings is 1. The summed E-state index contributed by atoms with van der Waals surface area (Å²) in [6.07, 6.45) is 10.5. The van der Waals surface area contributed by atoms with Gasteiger partial charge in [-0.15, -0.1) is 0 Å². The molecule has 3 heterocycles. The van der Waals surface area contributed by atoms with Gasteiger partial charge in [0, 0.05) is 23.8 Å². The topological polar surface area (TPSA) is 119 Å². The van der Waals surface area contributed by atoms with Crippen molar-refractivity contribution in [2.45, 2.75) is 43.0 Å². The van der Waals surface area contributed by atoms with Crippen LogP contribution in [0.2, 0.25) is 0 Å². The molecule has 9 nitrogen and oxygen atoms in total. The molecule has 2 N–H and O–H groups in total. The van der Waals surface area contributed by atoms with Crippen LogP contribution in [0.4, 0.5) is 11.6 Å². The number of ether oxygens (including phenoxy) is 1. The Kier molecular flexibility index (Phi) is 6.45. The van der Waals surface area contributed by atoms with Gasteiger partial charge in [-0.1, -0.05) is 25.3 Å². The summed E-state index contributed by atoms with van der Waals surface area (Å²) in [4.78, 5) is 17.1. The van der Waals surface area contributed by atoms with Gasteiger partial charge < -0.3 is 10.1 Å². The summed E-state index contributed by atoms with van der Waals surface area (Å²) in [5.41, 5.74) is 1.41. The lowest BCUT2D eigenvalue weighted by atomic mass is 9.95. The molecule has 0 atom stereocenters. The minimum Gasteiger partial charge on any atom is -0.480 e. The van der Waals surface area contributed by atoms with Crippen LogP contribution in [0.1, 0.15) is 32.1 Å². The molecule has 0 unspecified atom stereocenters. The molecular weight excluding hydrogens is 464 g/mol. The summed E-state index contributed by atoms with van der Waals surface area (Å²) < 4.78 is 33.8. The minimum absolute atomic E-state index is 0.123. The second-order valence-electron chi connectivity index (χ2n) is 8.48. The van der Waals surface area contributed by atoms with Gasteiger partial charge in [-0.05, 0) is 54.6 Å². The highest BCUT2D eigenvalue weighted by Gasteiger charge is 2.19. The van der Waals surface area contributed by atoms with Gasteiger partial charge in [0.1, 0.15) is 18.0 Å². The summed E-state index contributed by atoms with van der Waals surface area (Å²) in [6, 6.07) is 12.5. The molecule has 0 radical (unpaired) electrons. The van der Waals surface area contributed by atoms with Crippen LogP contribution in [0.15, 0.2) is 66.1 Å². The standard InChI is InChI=1S/C25H26N6O3S/c1-34-25-21(9-10-23(30-25)29-18-5-3-2-4-6-18)24-20-8-7-19(15-17(20)11-14-27-24)35(32,33)31-22-12-13-26-16-28-22/h7-16,18H,2-6H2,1H3,(H,29,30)(H,26,28,31). The minimum atomic E-state index is -3.82. The van der Waals surface area contributed by atoms with Crippen molar-refractivity contribution < 1.29 is 13.2 Å².